The molecule has 1 atom stereocenters. The van der Waals surface area contributed by atoms with E-state index in [4.69, 9.17) is 23.2 Å². The number of carbonyl (C=O) groups is 1. The van der Waals surface area contributed by atoms with Gasteiger partial charge >= 0.3 is 0 Å². The van der Waals surface area contributed by atoms with Gasteiger partial charge in [-0.1, -0.05) is 35.3 Å². The number of aromatic nitrogens is 3. The van der Waals surface area contributed by atoms with Gasteiger partial charge in [-0.2, -0.15) is 0 Å². The summed E-state index contributed by atoms with van der Waals surface area (Å²) in [6.45, 7) is 1.99. The van der Waals surface area contributed by atoms with E-state index >= 15 is 0 Å². The van der Waals surface area contributed by atoms with Crippen LogP contribution in [0.3, 0.4) is 0 Å². The Morgan fingerprint density at radius 2 is 2.19 bits per heavy atom. The molecule has 0 saturated heterocycles. The number of fused-ring (bicyclic) bond motifs is 3. The van der Waals surface area contributed by atoms with Crippen LogP contribution in [0.4, 0.5) is 5.69 Å². The SMILES string of the molecule is C[C@@H]1CCc2c(sc3nnn(CC(=O)Nc4ccc(Cl)c(Cl)c4)c(=O)c23)C1. The van der Waals surface area contributed by atoms with Crippen LogP contribution in [0.1, 0.15) is 23.8 Å². The summed E-state index contributed by atoms with van der Waals surface area (Å²) in [5, 5.41) is 12.2. The van der Waals surface area contributed by atoms with Crippen molar-refractivity contribution in [3.05, 3.63) is 49.0 Å². The fraction of sp³-hybridized carbons (Fsp3) is 0.333. The molecule has 0 saturated carbocycles. The maximum atomic E-state index is 12.9. The molecule has 1 aliphatic carbocycles. The molecule has 0 unspecified atom stereocenters. The van der Waals surface area contributed by atoms with Gasteiger partial charge in [0.2, 0.25) is 5.91 Å². The van der Waals surface area contributed by atoms with Crippen molar-refractivity contribution >= 4 is 56.3 Å². The summed E-state index contributed by atoms with van der Waals surface area (Å²) >= 11 is 13.4. The number of hydrogen-bond donors (Lipinski definition) is 1. The van der Waals surface area contributed by atoms with Crippen LogP contribution in [0.2, 0.25) is 10.0 Å². The Kier molecular flexibility index (Phi) is 4.92. The highest BCUT2D eigenvalue weighted by molar-refractivity contribution is 7.18. The zero-order chi connectivity index (χ0) is 19.1. The van der Waals surface area contributed by atoms with Gasteiger partial charge in [-0.25, -0.2) is 4.68 Å². The van der Waals surface area contributed by atoms with Crippen molar-refractivity contribution in [2.45, 2.75) is 32.7 Å². The number of nitrogens with zero attached hydrogens (tertiary/aromatic N) is 3. The second-order valence-corrected chi connectivity index (χ2v) is 8.66. The molecule has 0 aliphatic heterocycles. The minimum Gasteiger partial charge on any atom is -0.324 e. The molecule has 1 aliphatic rings. The number of halogens is 2. The van der Waals surface area contributed by atoms with Crippen LogP contribution >= 0.6 is 34.5 Å². The van der Waals surface area contributed by atoms with Crippen LogP contribution in [0, 0.1) is 5.92 Å². The number of amides is 1. The Balaban J connectivity index is 1.60. The van der Waals surface area contributed by atoms with Crippen molar-refractivity contribution in [3.63, 3.8) is 0 Å². The average Bonchev–Trinajstić information content (AvgIpc) is 2.98. The number of anilines is 1. The van der Waals surface area contributed by atoms with Gasteiger partial charge in [-0.15, -0.1) is 16.4 Å². The van der Waals surface area contributed by atoms with Crippen LogP contribution in [0.5, 0.6) is 0 Å². The molecule has 6 nitrogen and oxygen atoms in total. The third kappa shape index (κ3) is 3.59. The number of nitrogens with one attached hydrogen (secondary N) is 1. The molecule has 1 amide bonds. The van der Waals surface area contributed by atoms with Gasteiger partial charge in [0.15, 0.2) is 4.83 Å². The van der Waals surface area contributed by atoms with Crippen LogP contribution in [0.25, 0.3) is 10.2 Å². The summed E-state index contributed by atoms with van der Waals surface area (Å²) < 4.78 is 1.11. The first-order chi connectivity index (χ1) is 12.9. The quantitative estimate of drug-likeness (QED) is 0.693. The molecule has 2 heterocycles. The number of benzene rings is 1. The van der Waals surface area contributed by atoms with Crippen molar-refractivity contribution in [1.29, 1.82) is 0 Å². The van der Waals surface area contributed by atoms with E-state index < -0.39 is 0 Å². The predicted molar refractivity (Wildman–Crippen MR) is 108 cm³/mol. The van der Waals surface area contributed by atoms with E-state index in [0.717, 1.165) is 29.5 Å². The van der Waals surface area contributed by atoms with Crippen LogP contribution in [0.15, 0.2) is 23.0 Å². The molecule has 9 heteroatoms. The van der Waals surface area contributed by atoms with Gasteiger partial charge in [0.1, 0.15) is 6.54 Å². The second-order valence-electron chi connectivity index (χ2n) is 6.76. The minimum atomic E-state index is -0.387. The Morgan fingerprint density at radius 1 is 1.37 bits per heavy atom. The highest BCUT2D eigenvalue weighted by Gasteiger charge is 2.24. The summed E-state index contributed by atoms with van der Waals surface area (Å²) in [4.78, 5) is 27.1. The van der Waals surface area contributed by atoms with E-state index in [1.165, 1.54) is 16.2 Å². The van der Waals surface area contributed by atoms with Crippen molar-refractivity contribution in [3.8, 4) is 0 Å². The van der Waals surface area contributed by atoms with Gasteiger partial charge in [0.25, 0.3) is 5.56 Å². The van der Waals surface area contributed by atoms with Crippen molar-refractivity contribution in [2.75, 3.05) is 5.32 Å². The van der Waals surface area contributed by atoms with E-state index in [1.54, 1.807) is 18.2 Å². The first-order valence-corrected chi connectivity index (χ1v) is 10.1. The first kappa shape index (κ1) is 18.4. The fourth-order valence-electron chi connectivity index (χ4n) is 3.31. The van der Waals surface area contributed by atoms with Crippen LogP contribution in [-0.4, -0.2) is 20.9 Å². The second kappa shape index (κ2) is 7.22. The molecule has 0 spiro atoms. The lowest BCUT2D eigenvalue weighted by Gasteiger charge is -2.17. The van der Waals surface area contributed by atoms with Gasteiger partial charge < -0.3 is 5.32 Å². The Morgan fingerprint density at radius 3 is 2.96 bits per heavy atom. The molecule has 0 radical (unpaired) electrons. The molecule has 0 fully saturated rings. The predicted octanol–water partition coefficient (Wildman–Crippen LogP) is 3.92. The van der Waals surface area contributed by atoms with Gasteiger partial charge in [0.05, 0.1) is 15.4 Å². The fourth-order valence-corrected chi connectivity index (χ4v) is 4.92. The molecule has 2 aromatic heterocycles. The molecule has 3 aromatic rings. The third-order valence-corrected chi connectivity index (χ3v) is 6.56. The summed E-state index contributed by atoms with van der Waals surface area (Å²) in [6, 6.07) is 4.78. The lowest BCUT2D eigenvalue weighted by atomic mass is 9.89. The Bertz CT molecular complexity index is 1110. The maximum Gasteiger partial charge on any atom is 0.279 e. The molecular formula is C18H16Cl2N4O2S. The highest BCUT2D eigenvalue weighted by Crippen LogP contribution is 2.35. The lowest BCUT2D eigenvalue weighted by molar-refractivity contribution is -0.117. The van der Waals surface area contributed by atoms with E-state index in [9.17, 15) is 9.59 Å². The molecule has 1 N–H and O–H groups in total. The zero-order valence-electron chi connectivity index (χ0n) is 14.5. The highest BCUT2D eigenvalue weighted by atomic mass is 35.5. The van der Waals surface area contributed by atoms with Gasteiger partial charge in [-0.05, 0) is 48.9 Å². The first-order valence-electron chi connectivity index (χ1n) is 8.55. The number of thiophene rings is 1. The molecule has 1 aromatic carbocycles. The lowest BCUT2D eigenvalue weighted by Crippen LogP contribution is -2.30. The number of aryl methyl sites for hydroxylation is 1. The molecular weight excluding hydrogens is 407 g/mol. The average molecular weight is 423 g/mol. The number of hydrogen-bond acceptors (Lipinski definition) is 5. The monoisotopic (exact) mass is 422 g/mol. The van der Waals surface area contributed by atoms with Gasteiger partial charge in [0, 0.05) is 10.6 Å². The van der Waals surface area contributed by atoms with Crippen molar-refractivity contribution in [2.24, 2.45) is 5.92 Å². The van der Waals surface area contributed by atoms with Crippen LogP contribution in [-0.2, 0) is 24.2 Å². The van der Waals surface area contributed by atoms with E-state index in [-0.39, 0.29) is 18.0 Å². The smallest absolute Gasteiger partial charge is 0.279 e. The summed E-state index contributed by atoms with van der Waals surface area (Å²) in [7, 11) is 0. The van der Waals surface area contributed by atoms with Crippen molar-refractivity contribution in [1.82, 2.24) is 15.0 Å². The topological polar surface area (TPSA) is 76.9 Å². The molecule has 140 valence electrons. The van der Waals surface area contributed by atoms with E-state index in [1.807, 2.05) is 0 Å². The molecule has 0 bridgehead atoms. The maximum absolute atomic E-state index is 12.9. The standard InChI is InChI=1S/C18H16Cl2N4O2S/c1-9-2-4-11-14(6-9)27-17-16(11)18(26)24(23-22-17)8-15(25)21-10-3-5-12(19)13(20)7-10/h3,5,7,9H,2,4,6,8H2,1H3,(H,21,25)/t9-/m1/s1. The van der Waals surface area contributed by atoms with E-state index in [2.05, 4.69) is 22.6 Å². The zero-order valence-corrected chi connectivity index (χ0v) is 16.8. The van der Waals surface area contributed by atoms with Crippen molar-refractivity contribution < 1.29 is 4.79 Å². The molecule has 4 rings (SSSR count). The number of rotatable bonds is 3. The third-order valence-electron chi connectivity index (χ3n) is 4.68. The van der Waals surface area contributed by atoms with E-state index in [0.29, 0.717) is 31.9 Å². The Hall–Kier alpha value is -1.96. The normalized spacial score (nSPS) is 16.3. The number of carbonyl (C=O) groups excluding carboxylic acids is 1. The Labute approximate surface area is 169 Å². The molecule has 27 heavy (non-hydrogen) atoms. The largest absolute Gasteiger partial charge is 0.324 e. The summed E-state index contributed by atoms with van der Waals surface area (Å²) in [6.07, 6.45) is 2.89. The summed E-state index contributed by atoms with van der Waals surface area (Å²) in [5.41, 5.74) is 1.31. The van der Waals surface area contributed by atoms with Gasteiger partial charge in [-0.3, -0.25) is 9.59 Å². The summed E-state index contributed by atoms with van der Waals surface area (Å²) in [5.74, 6) is 0.222. The van der Waals surface area contributed by atoms with Crippen LogP contribution < -0.4 is 10.9 Å². The minimum absolute atomic E-state index is 0.219.